The minimum Gasteiger partial charge on any atom is -0.497 e. The lowest BCUT2D eigenvalue weighted by Gasteiger charge is -2.22. The summed E-state index contributed by atoms with van der Waals surface area (Å²) in [6, 6.07) is 17.3. The molecule has 0 aliphatic carbocycles. The van der Waals surface area contributed by atoms with Crippen molar-refractivity contribution < 1.29 is 19.1 Å². The van der Waals surface area contributed by atoms with Crippen LogP contribution in [0.3, 0.4) is 0 Å². The Morgan fingerprint density at radius 2 is 1.80 bits per heavy atom. The van der Waals surface area contributed by atoms with E-state index in [4.69, 9.17) is 9.47 Å². The molecule has 1 N–H and O–H groups in total. The lowest BCUT2D eigenvalue weighted by atomic mass is 9.98. The average molecular weight is 409 g/mol. The fraction of sp³-hybridized carbons (Fsp3) is 0.348. The van der Waals surface area contributed by atoms with Gasteiger partial charge in [0, 0.05) is 32.9 Å². The first-order valence-corrected chi connectivity index (χ1v) is 9.97. The van der Waals surface area contributed by atoms with Crippen LogP contribution in [-0.2, 0) is 14.3 Å². The van der Waals surface area contributed by atoms with Crippen LogP contribution in [0.25, 0.3) is 0 Å². The Kier molecular flexibility index (Phi) is 7.57. The number of benzene rings is 2. The highest BCUT2D eigenvalue weighted by Crippen LogP contribution is 2.34. The molecule has 7 nitrogen and oxygen atoms in total. The van der Waals surface area contributed by atoms with Crippen LogP contribution in [0.15, 0.2) is 59.7 Å². The SMILES string of the molecule is COCCNC(=O)CCC(=O)N1N=C(c2ccccc2)C[C@H]1c1ccc(OC)cc1. The summed E-state index contributed by atoms with van der Waals surface area (Å²) in [6.07, 6.45) is 0.823. The summed E-state index contributed by atoms with van der Waals surface area (Å²) in [5.41, 5.74) is 2.82. The number of ether oxygens (including phenoxy) is 2. The molecular formula is C23H27N3O4. The third kappa shape index (κ3) is 5.45. The molecule has 7 heteroatoms. The summed E-state index contributed by atoms with van der Waals surface area (Å²) in [6.45, 7) is 0.869. The van der Waals surface area contributed by atoms with Crippen LogP contribution in [0.2, 0.25) is 0 Å². The smallest absolute Gasteiger partial charge is 0.243 e. The Bertz CT molecular complexity index is 881. The number of methoxy groups -OCH3 is 2. The lowest BCUT2D eigenvalue weighted by molar-refractivity contribution is -0.135. The number of nitrogens with one attached hydrogen (secondary N) is 1. The largest absolute Gasteiger partial charge is 0.497 e. The number of carbonyl (C=O) groups excluding carboxylic acids is 2. The number of hydrogen-bond donors (Lipinski definition) is 1. The second kappa shape index (κ2) is 10.5. The van der Waals surface area contributed by atoms with Gasteiger partial charge in [-0.2, -0.15) is 5.10 Å². The third-order valence-electron chi connectivity index (χ3n) is 4.97. The van der Waals surface area contributed by atoms with Crippen molar-refractivity contribution in [2.45, 2.75) is 25.3 Å². The predicted molar refractivity (Wildman–Crippen MR) is 114 cm³/mol. The zero-order valence-electron chi connectivity index (χ0n) is 17.3. The van der Waals surface area contributed by atoms with Gasteiger partial charge in [0.1, 0.15) is 5.75 Å². The first-order valence-electron chi connectivity index (χ1n) is 9.97. The fourth-order valence-electron chi connectivity index (χ4n) is 3.35. The summed E-state index contributed by atoms with van der Waals surface area (Å²) in [7, 11) is 3.19. The first-order chi connectivity index (χ1) is 14.6. The third-order valence-corrected chi connectivity index (χ3v) is 4.97. The monoisotopic (exact) mass is 409 g/mol. The molecule has 2 aromatic rings. The average Bonchev–Trinajstić information content (AvgIpc) is 3.24. The van der Waals surface area contributed by atoms with Crippen molar-refractivity contribution in [2.24, 2.45) is 5.10 Å². The Hall–Kier alpha value is -3.19. The van der Waals surface area contributed by atoms with E-state index in [0.717, 1.165) is 22.6 Å². The molecule has 158 valence electrons. The van der Waals surface area contributed by atoms with Crippen LogP contribution in [0.5, 0.6) is 5.75 Å². The fourth-order valence-corrected chi connectivity index (χ4v) is 3.35. The Morgan fingerprint density at radius 1 is 1.07 bits per heavy atom. The summed E-state index contributed by atoms with van der Waals surface area (Å²) >= 11 is 0. The van der Waals surface area contributed by atoms with Crippen LogP contribution in [0.4, 0.5) is 0 Å². The molecule has 1 heterocycles. The highest BCUT2D eigenvalue weighted by molar-refractivity contribution is 6.03. The number of rotatable bonds is 9. The molecule has 2 amide bonds. The van der Waals surface area contributed by atoms with Crippen LogP contribution in [0, 0.1) is 0 Å². The quantitative estimate of drug-likeness (QED) is 0.646. The maximum Gasteiger partial charge on any atom is 0.243 e. The number of nitrogens with zero attached hydrogens (tertiary/aromatic N) is 2. The van der Waals surface area contributed by atoms with Gasteiger partial charge in [0.05, 0.1) is 25.5 Å². The van der Waals surface area contributed by atoms with Gasteiger partial charge >= 0.3 is 0 Å². The summed E-state index contributed by atoms with van der Waals surface area (Å²) in [5, 5.41) is 8.89. The molecule has 0 radical (unpaired) electrons. The van der Waals surface area contributed by atoms with E-state index < -0.39 is 0 Å². The van der Waals surface area contributed by atoms with E-state index in [1.54, 1.807) is 14.2 Å². The van der Waals surface area contributed by atoms with Gasteiger partial charge in [0.25, 0.3) is 0 Å². The molecule has 1 atom stereocenters. The number of hydrazone groups is 1. The zero-order chi connectivity index (χ0) is 21.3. The van der Waals surface area contributed by atoms with Crippen molar-refractivity contribution in [1.29, 1.82) is 0 Å². The second-order valence-corrected chi connectivity index (χ2v) is 6.99. The maximum absolute atomic E-state index is 13.0. The Labute approximate surface area is 176 Å². The molecule has 0 bridgehead atoms. The minimum absolute atomic E-state index is 0.0943. The van der Waals surface area contributed by atoms with Crippen LogP contribution < -0.4 is 10.1 Å². The molecule has 1 aliphatic heterocycles. The Balaban J connectivity index is 1.74. The van der Waals surface area contributed by atoms with E-state index in [1.807, 2.05) is 54.6 Å². The van der Waals surface area contributed by atoms with Crippen molar-refractivity contribution in [1.82, 2.24) is 10.3 Å². The Morgan fingerprint density at radius 3 is 2.47 bits per heavy atom. The van der Waals surface area contributed by atoms with Gasteiger partial charge in [-0.1, -0.05) is 42.5 Å². The van der Waals surface area contributed by atoms with Gasteiger partial charge in [-0.05, 0) is 23.3 Å². The van der Waals surface area contributed by atoms with Gasteiger partial charge in [0.2, 0.25) is 11.8 Å². The van der Waals surface area contributed by atoms with Crippen molar-refractivity contribution in [2.75, 3.05) is 27.4 Å². The van der Waals surface area contributed by atoms with E-state index in [9.17, 15) is 9.59 Å². The molecule has 0 aromatic heterocycles. The predicted octanol–water partition coefficient (Wildman–Crippen LogP) is 2.92. The van der Waals surface area contributed by atoms with Gasteiger partial charge in [-0.25, -0.2) is 5.01 Å². The minimum atomic E-state index is -0.213. The van der Waals surface area contributed by atoms with Gasteiger partial charge in [-0.3, -0.25) is 9.59 Å². The zero-order valence-corrected chi connectivity index (χ0v) is 17.3. The molecule has 2 aromatic carbocycles. The van der Waals surface area contributed by atoms with Crippen molar-refractivity contribution in [3.8, 4) is 5.75 Å². The molecule has 0 saturated heterocycles. The van der Waals surface area contributed by atoms with Crippen LogP contribution in [-0.4, -0.2) is 49.9 Å². The summed E-state index contributed by atoms with van der Waals surface area (Å²) in [5.74, 6) is 0.406. The van der Waals surface area contributed by atoms with Crippen LogP contribution in [0.1, 0.15) is 36.4 Å². The number of amides is 2. The molecule has 0 spiro atoms. The topological polar surface area (TPSA) is 80.2 Å². The number of carbonyl (C=O) groups is 2. The van der Waals surface area contributed by atoms with Crippen molar-refractivity contribution >= 4 is 17.5 Å². The summed E-state index contributed by atoms with van der Waals surface area (Å²) in [4.78, 5) is 24.9. The molecular weight excluding hydrogens is 382 g/mol. The summed E-state index contributed by atoms with van der Waals surface area (Å²) < 4.78 is 10.2. The second-order valence-electron chi connectivity index (χ2n) is 6.99. The molecule has 0 saturated carbocycles. The molecule has 30 heavy (non-hydrogen) atoms. The van der Waals surface area contributed by atoms with E-state index in [1.165, 1.54) is 5.01 Å². The number of hydrogen-bond acceptors (Lipinski definition) is 5. The van der Waals surface area contributed by atoms with E-state index in [-0.39, 0.29) is 30.7 Å². The van der Waals surface area contributed by atoms with E-state index in [0.29, 0.717) is 19.6 Å². The first kappa shape index (κ1) is 21.5. The molecule has 1 aliphatic rings. The van der Waals surface area contributed by atoms with Crippen LogP contribution >= 0.6 is 0 Å². The standard InChI is InChI=1S/C23H27N3O4/c1-29-15-14-24-22(27)12-13-23(28)26-21(18-8-10-19(30-2)11-9-18)16-20(25-26)17-6-4-3-5-7-17/h3-11,21H,12-16H2,1-2H3,(H,24,27)/t21-/m0/s1. The van der Waals surface area contributed by atoms with Gasteiger partial charge < -0.3 is 14.8 Å². The van der Waals surface area contributed by atoms with Crippen molar-refractivity contribution in [3.63, 3.8) is 0 Å². The normalized spacial score (nSPS) is 15.6. The lowest BCUT2D eigenvalue weighted by Crippen LogP contribution is -2.30. The molecule has 0 unspecified atom stereocenters. The molecule has 3 rings (SSSR count). The van der Waals surface area contributed by atoms with E-state index >= 15 is 0 Å². The van der Waals surface area contributed by atoms with Gasteiger partial charge in [-0.15, -0.1) is 0 Å². The highest BCUT2D eigenvalue weighted by atomic mass is 16.5. The molecule has 0 fully saturated rings. The van der Waals surface area contributed by atoms with Gasteiger partial charge in [0.15, 0.2) is 0 Å². The maximum atomic E-state index is 13.0. The van der Waals surface area contributed by atoms with E-state index in [2.05, 4.69) is 10.4 Å². The van der Waals surface area contributed by atoms with Crippen molar-refractivity contribution in [3.05, 3.63) is 65.7 Å². The highest BCUT2D eigenvalue weighted by Gasteiger charge is 2.33.